The molecule has 0 saturated carbocycles. The van der Waals surface area contributed by atoms with Crippen LogP contribution >= 0.6 is 34.5 Å². The van der Waals surface area contributed by atoms with Crippen LogP contribution in [0, 0.1) is 0 Å². The molecule has 178 valence electrons. The molecule has 34 heavy (non-hydrogen) atoms. The number of aromatic nitrogens is 2. The second-order valence-electron chi connectivity index (χ2n) is 7.95. The van der Waals surface area contributed by atoms with Crippen molar-refractivity contribution in [1.29, 1.82) is 0 Å². The van der Waals surface area contributed by atoms with E-state index in [9.17, 15) is 9.59 Å². The highest BCUT2D eigenvalue weighted by Crippen LogP contribution is 2.34. The molecule has 2 amide bonds. The third-order valence-electron chi connectivity index (χ3n) is 5.52. The maximum atomic E-state index is 12.6. The van der Waals surface area contributed by atoms with Gasteiger partial charge in [-0.05, 0) is 48.7 Å². The van der Waals surface area contributed by atoms with Gasteiger partial charge in [0.2, 0.25) is 16.9 Å². The van der Waals surface area contributed by atoms with Crippen LogP contribution in [-0.4, -0.2) is 35.2 Å². The number of ether oxygens (including phenoxy) is 1. The third-order valence-corrected chi connectivity index (χ3v) is 7.05. The maximum absolute atomic E-state index is 12.6. The van der Waals surface area contributed by atoms with E-state index in [0.29, 0.717) is 46.9 Å². The van der Waals surface area contributed by atoms with Crippen molar-refractivity contribution in [3.8, 4) is 5.75 Å². The Kier molecular flexibility index (Phi) is 8.03. The van der Waals surface area contributed by atoms with E-state index in [0.717, 1.165) is 17.1 Å². The minimum atomic E-state index is -0.173. The Hall–Kier alpha value is -2.68. The summed E-state index contributed by atoms with van der Waals surface area (Å²) in [6.07, 6.45) is 2.12. The van der Waals surface area contributed by atoms with Gasteiger partial charge in [-0.15, -0.1) is 10.2 Å². The zero-order chi connectivity index (χ0) is 24.1. The summed E-state index contributed by atoms with van der Waals surface area (Å²) in [5, 5.41) is 13.2. The van der Waals surface area contributed by atoms with Crippen LogP contribution in [0.3, 0.4) is 0 Å². The number of rotatable bonds is 9. The number of anilines is 2. The molecule has 2 heterocycles. The van der Waals surface area contributed by atoms with Gasteiger partial charge in [0.15, 0.2) is 0 Å². The molecule has 4 rings (SSSR count). The van der Waals surface area contributed by atoms with Crippen molar-refractivity contribution in [2.24, 2.45) is 0 Å². The summed E-state index contributed by atoms with van der Waals surface area (Å²) < 4.78 is 5.60. The van der Waals surface area contributed by atoms with Crippen LogP contribution in [0.4, 0.5) is 10.8 Å². The van der Waals surface area contributed by atoms with Gasteiger partial charge in [-0.1, -0.05) is 53.6 Å². The smallest absolute Gasteiger partial charge is 0.227 e. The number of hydrogen-bond acceptors (Lipinski definition) is 6. The fourth-order valence-electron chi connectivity index (χ4n) is 3.67. The quantitative estimate of drug-likeness (QED) is 0.366. The Morgan fingerprint density at radius 3 is 2.74 bits per heavy atom. The van der Waals surface area contributed by atoms with Crippen LogP contribution < -0.4 is 15.0 Å². The molecule has 1 aliphatic rings. The topological polar surface area (TPSA) is 84.4 Å². The van der Waals surface area contributed by atoms with Gasteiger partial charge >= 0.3 is 0 Å². The number of aryl methyl sites for hydroxylation is 1. The lowest BCUT2D eigenvalue weighted by atomic mass is 10.1. The van der Waals surface area contributed by atoms with Crippen molar-refractivity contribution >= 4 is 57.2 Å². The minimum Gasteiger partial charge on any atom is -0.492 e. The normalized spacial score (nSPS) is 15.6. The Morgan fingerprint density at radius 2 is 2.00 bits per heavy atom. The number of hydrogen-bond donors (Lipinski definition) is 1. The molecule has 0 radical (unpaired) electrons. The van der Waals surface area contributed by atoms with Gasteiger partial charge in [-0.3, -0.25) is 9.59 Å². The first-order valence-electron chi connectivity index (χ1n) is 11.0. The molecular weight excluding hydrogens is 495 g/mol. The highest BCUT2D eigenvalue weighted by atomic mass is 35.5. The molecule has 2 aromatic carbocycles. The van der Waals surface area contributed by atoms with Crippen molar-refractivity contribution in [3.05, 3.63) is 63.1 Å². The number of halogens is 2. The van der Waals surface area contributed by atoms with Gasteiger partial charge in [0, 0.05) is 36.0 Å². The maximum Gasteiger partial charge on any atom is 0.227 e. The van der Waals surface area contributed by atoms with Crippen LogP contribution in [0.25, 0.3) is 0 Å². The van der Waals surface area contributed by atoms with Gasteiger partial charge in [0.05, 0.1) is 11.6 Å². The summed E-state index contributed by atoms with van der Waals surface area (Å²) >= 11 is 13.3. The lowest BCUT2D eigenvalue weighted by Crippen LogP contribution is -2.24. The fourth-order valence-corrected chi connectivity index (χ4v) is 4.99. The zero-order valence-corrected chi connectivity index (χ0v) is 20.9. The molecule has 3 aromatic rings. The molecule has 1 aliphatic heterocycles. The lowest BCUT2D eigenvalue weighted by molar-refractivity contribution is -0.117. The predicted octanol–water partition coefficient (Wildman–Crippen LogP) is 5.73. The summed E-state index contributed by atoms with van der Waals surface area (Å²) in [6, 6.07) is 13.1. The number of benzene rings is 2. The van der Waals surface area contributed by atoms with Crippen LogP contribution in [0.15, 0.2) is 42.5 Å². The predicted molar refractivity (Wildman–Crippen MR) is 135 cm³/mol. The highest BCUT2D eigenvalue weighted by molar-refractivity contribution is 7.15. The number of amides is 2. The molecule has 7 nitrogen and oxygen atoms in total. The summed E-state index contributed by atoms with van der Waals surface area (Å²) in [5.41, 5.74) is 2.13. The zero-order valence-electron chi connectivity index (χ0n) is 18.6. The minimum absolute atomic E-state index is 0.0426. The van der Waals surface area contributed by atoms with Gasteiger partial charge in [-0.2, -0.15) is 0 Å². The Labute approximate surface area is 212 Å². The van der Waals surface area contributed by atoms with Crippen molar-refractivity contribution in [2.75, 3.05) is 23.4 Å². The Bertz CT molecular complexity index is 1170. The monoisotopic (exact) mass is 518 g/mol. The van der Waals surface area contributed by atoms with E-state index in [1.165, 1.54) is 16.9 Å². The Balaban J connectivity index is 1.25. The van der Waals surface area contributed by atoms with E-state index in [1.807, 2.05) is 24.3 Å². The van der Waals surface area contributed by atoms with E-state index in [-0.39, 0.29) is 24.2 Å². The van der Waals surface area contributed by atoms with Gasteiger partial charge < -0.3 is 15.0 Å². The van der Waals surface area contributed by atoms with Gasteiger partial charge in [0.1, 0.15) is 10.8 Å². The SMILES string of the molecule is CCc1ccc(N2CC(c3nnc(NC(=O)CCCOc4ccc(Cl)cc4Cl)s3)CC2=O)cc1. The molecule has 0 aliphatic carbocycles. The van der Waals surface area contributed by atoms with Crippen LogP contribution in [0.1, 0.15) is 42.7 Å². The first-order chi connectivity index (χ1) is 16.4. The molecule has 0 bridgehead atoms. The second kappa shape index (κ2) is 11.2. The first-order valence-corrected chi connectivity index (χ1v) is 12.6. The molecule has 1 saturated heterocycles. The summed E-state index contributed by atoms with van der Waals surface area (Å²) in [6.45, 7) is 3.00. The molecule has 1 fully saturated rings. The average molecular weight is 519 g/mol. The number of nitrogens with zero attached hydrogens (tertiary/aromatic N) is 3. The van der Waals surface area contributed by atoms with Crippen molar-refractivity contribution in [3.63, 3.8) is 0 Å². The molecule has 10 heteroatoms. The summed E-state index contributed by atoms with van der Waals surface area (Å²) in [7, 11) is 0. The Morgan fingerprint density at radius 1 is 1.21 bits per heavy atom. The largest absolute Gasteiger partial charge is 0.492 e. The van der Waals surface area contributed by atoms with E-state index in [4.69, 9.17) is 27.9 Å². The van der Waals surface area contributed by atoms with E-state index >= 15 is 0 Å². The molecule has 0 spiro atoms. The number of carbonyl (C=O) groups is 2. The summed E-state index contributed by atoms with van der Waals surface area (Å²) in [4.78, 5) is 26.6. The first kappa shape index (κ1) is 24.4. The van der Waals surface area contributed by atoms with E-state index in [2.05, 4.69) is 22.4 Å². The molecule has 1 N–H and O–H groups in total. The molecular formula is C24H24Cl2N4O3S. The molecule has 1 aromatic heterocycles. The van der Waals surface area contributed by atoms with Crippen LogP contribution in [0.2, 0.25) is 10.0 Å². The number of nitrogens with one attached hydrogen (secondary N) is 1. The van der Waals surface area contributed by atoms with Crippen LogP contribution in [0.5, 0.6) is 5.75 Å². The molecule has 1 unspecified atom stereocenters. The lowest BCUT2D eigenvalue weighted by Gasteiger charge is -2.16. The van der Waals surface area contributed by atoms with Gasteiger partial charge in [0.25, 0.3) is 0 Å². The van der Waals surface area contributed by atoms with Crippen molar-refractivity contribution in [1.82, 2.24) is 10.2 Å². The molecule has 1 atom stereocenters. The second-order valence-corrected chi connectivity index (χ2v) is 9.80. The average Bonchev–Trinajstić information content (AvgIpc) is 3.44. The van der Waals surface area contributed by atoms with E-state index < -0.39 is 0 Å². The van der Waals surface area contributed by atoms with Crippen LogP contribution in [-0.2, 0) is 16.0 Å². The van der Waals surface area contributed by atoms with Gasteiger partial charge in [-0.25, -0.2) is 0 Å². The fraction of sp³-hybridized carbons (Fsp3) is 0.333. The standard InChI is InChI=1S/C24H24Cl2N4O3S/c1-2-15-5-8-18(9-6-15)30-14-16(12-22(30)32)23-28-29-24(34-23)27-21(31)4-3-11-33-20-10-7-17(25)13-19(20)26/h5-10,13,16H,2-4,11-12,14H2,1H3,(H,27,29,31). The van der Waals surface area contributed by atoms with Crippen molar-refractivity contribution in [2.45, 2.75) is 38.5 Å². The summed E-state index contributed by atoms with van der Waals surface area (Å²) in [5.74, 6) is 0.380. The van der Waals surface area contributed by atoms with Crippen molar-refractivity contribution < 1.29 is 14.3 Å². The highest BCUT2D eigenvalue weighted by Gasteiger charge is 2.34. The number of carbonyl (C=O) groups excluding carboxylic acids is 2. The van der Waals surface area contributed by atoms with E-state index in [1.54, 1.807) is 23.1 Å². The third kappa shape index (κ3) is 6.05.